The Hall–Kier alpha value is -2.28. The first-order valence-corrected chi connectivity index (χ1v) is 13.3. The highest BCUT2D eigenvalue weighted by atomic mass is 32.2. The maximum atomic E-state index is 13.2. The normalized spacial score (nSPS) is 18.3. The molecule has 1 amide bonds. The minimum absolute atomic E-state index is 0.296. The molecule has 0 spiro atoms. The van der Waals surface area contributed by atoms with Crippen molar-refractivity contribution in [1.29, 1.82) is 0 Å². The van der Waals surface area contributed by atoms with E-state index in [2.05, 4.69) is 5.32 Å². The van der Waals surface area contributed by atoms with Gasteiger partial charge in [-0.05, 0) is 49.9 Å². The smallest absolute Gasteiger partial charge is 0.245 e. The predicted molar refractivity (Wildman–Crippen MR) is 115 cm³/mol. The van der Waals surface area contributed by atoms with Crippen LogP contribution in [0.5, 0.6) is 0 Å². The van der Waals surface area contributed by atoms with Crippen LogP contribution in [0.2, 0.25) is 0 Å². The average Bonchev–Trinajstić information content (AvgIpc) is 3.51. The van der Waals surface area contributed by atoms with Gasteiger partial charge in [-0.1, -0.05) is 0 Å². The minimum atomic E-state index is -4.03. The average molecular weight is 485 g/mol. The van der Waals surface area contributed by atoms with Crippen LogP contribution in [-0.4, -0.2) is 62.1 Å². The maximum Gasteiger partial charge on any atom is 0.245 e. The number of hydrogen-bond acceptors (Lipinski definition) is 5. The molecule has 1 N–H and O–H groups in total. The molecule has 4 rings (SSSR count). The first-order chi connectivity index (χ1) is 15.2. The molecule has 174 valence electrons. The van der Waals surface area contributed by atoms with Gasteiger partial charge in [-0.15, -0.1) is 0 Å². The largest absolute Gasteiger partial charge is 0.342 e. The summed E-state index contributed by atoms with van der Waals surface area (Å²) in [6.07, 6.45) is 5.28. The molecule has 2 aliphatic heterocycles. The van der Waals surface area contributed by atoms with Crippen molar-refractivity contribution in [1.82, 2.24) is 13.2 Å². The SMILES string of the molecule is O=C(Cn1cc(S(=O)(=O)N2CCCC2)c(S(=O)(=O)N2CCCC2)c1)Nc1ccc(F)cc1. The molecule has 9 nitrogen and oxygen atoms in total. The van der Waals surface area contributed by atoms with E-state index in [9.17, 15) is 26.0 Å². The molecule has 0 bridgehead atoms. The Morgan fingerprint density at radius 1 is 0.812 bits per heavy atom. The van der Waals surface area contributed by atoms with Crippen LogP contribution < -0.4 is 5.32 Å². The summed E-state index contributed by atoms with van der Waals surface area (Å²) in [5.41, 5.74) is 0.373. The van der Waals surface area contributed by atoms with Gasteiger partial charge in [0.1, 0.15) is 22.2 Å². The Morgan fingerprint density at radius 2 is 1.25 bits per heavy atom. The van der Waals surface area contributed by atoms with E-state index in [1.807, 2.05) is 0 Å². The molecule has 0 radical (unpaired) electrons. The van der Waals surface area contributed by atoms with Crippen LogP contribution >= 0.6 is 0 Å². The van der Waals surface area contributed by atoms with Gasteiger partial charge in [0.05, 0.1) is 0 Å². The third kappa shape index (κ3) is 4.58. The van der Waals surface area contributed by atoms with Crippen molar-refractivity contribution in [2.75, 3.05) is 31.5 Å². The van der Waals surface area contributed by atoms with Crippen LogP contribution in [0.1, 0.15) is 25.7 Å². The summed E-state index contributed by atoms with van der Waals surface area (Å²) >= 11 is 0. The third-order valence-corrected chi connectivity index (χ3v) is 9.61. The van der Waals surface area contributed by atoms with Gasteiger partial charge >= 0.3 is 0 Å². The molecule has 0 atom stereocenters. The second-order valence-corrected chi connectivity index (χ2v) is 11.7. The Bertz CT molecular complexity index is 1130. The van der Waals surface area contributed by atoms with Crippen LogP contribution in [0.3, 0.4) is 0 Å². The molecule has 32 heavy (non-hydrogen) atoms. The number of anilines is 1. The highest BCUT2D eigenvalue weighted by molar-refractivity contribution is 7.92. The number of carbonyl (C=O) groups is 1. The summed E-state index contributed by atoms with van der Waals surface area (Å²) in [5, 5.41) is 2.59. The summed E-state index contributed by atoms with van der Waals surface area (Å²) in [6.45, 7) is 1.04. The lowest BCUT2D eigenvalue weighted by molar-refractivity contribution is -0.116. The Balaban J connectivity index is 1.65. The van der Waals surface area contributed by atoms with Crippen LogP contribution in [0.15, 0.2) is 46.5 Å². The van der Waals surface area contributed by atoms with E-state index >= 15 is 0 Å². The number of aromatic nitrogens is 1. The molecule has 0 saturated carbocycles. The third-order valence-electron chi connectivity index (χ3n) is 5.63. The number of carbonyl (C=O) groups excluding carboxylic acids is 1. The standard InChI is InChI=1S/C20H25FN4O5S2/c21-16-5-7-17(8-6-16)22-20(26)15-23-13-18(31(27,28)24-9-1-2-10-24)19(14-23)32(29,30)25-11-3-4-12-25/h5-8,13-14H,1-4,9-12,15H2,(H,22,26). The van der Waals surface area contributed by atoms with E-state index in [0.717, 1.165) is 0 Å². The molecule has 1 aromatic carbocycles. The molecule has 2 fully saturated rings. The van der Waals surface area contributed by atoms with Crippen molar-refractivity contribution in [2.24, 2.45) is 0 Å². The van der Waals surface area contributed by atoms with E-state index in [0.29, 0.717) is 57.5 Å². The lowest BCUT2D eigenvalue weighted by Crippen LogP contribution is -2.32. The van der Waals surface area contributed by atoms with Crippen molar-refractivity contribution >= 4 is 31.6 Å². The Labute approximate surface area is 186 Å². The minimum Gasteiger partial charge on any atom is -0.342 e. The second kappa shape index (κ2) is 8.93. The molecule has 2 saturated heterocycles. The fourth-order valence-electron chi connectivity index (χ4n) is 3.98. The van der Waals surface area contributed by atoms with Crippen molar-refractivity contribution in [3.8, 4) is 0 Å². The van der Waals surface area contributed by atoms with Crippen molar-refractivity contribution in [3.05, 3.63) is 42.5 Å². The number of amides is 1. The fraction of sp³-hybridized carbons (Fsp3) is 0.450. The van der Waals surface area contributed by atoms with Gasteiger partial charge in [0, 0.05) is 44.3 Å². The van der Waals surface area contributed by atoms with Crippen LogP contribution in [0.25, 0.3) is 0 Å². The maximum absolute atomic E-state index is 13.2. The number of benzene rings is 1. The van der Waals surface area contributed by atoms with E-state index in [4.69, 9.17) is 0 Å². The first kappa shape index (κ1) is 22.9. The molecule has 2 aromatic rings. The Morgan fingerprint density at radius 3 is 1.69 bits per heavy atom. The van der Waals surface area contributed by atoms with Crippen molar-refractivity contribution in [2.45, 2.75) is 42.0 Å². The molecule has 0 unspecified atom stereocenters. The quantitative estimate of drug-likeness (QED) is 0.645. The molecule has 3 heterocycles. The number of halogens is 1. The summed E-state index contributed by atoms with van der Waals surface area (Å²) < 4.78 is 69.8. The number of hydrogen-bond donors (Lipinski definition) is 1. The van der Waals surface area contributed by atoms with Gasteiger partial charge in [0.15, 0.2) is 0 Å². The summed E-state index contributed by atoms with van der Waals surface area (Å²) in [7, 11) is -8.05. The van der Waals surface area contributed by atoms with Gasteiger partial charge in [-0.2, -0.15) is 8.61 Å². The highest BCUT2D eigenvalue weighted by Gasteiger charge is 2.38. The molecular weight excluding hydrogens is 459 g/mol. The highest BCUT2D eigenvalue weighted by Crippen LogP contribution is 2.31. The van der Waals surface area contributed by atoms with Gasteiger partial charge in [0.2, 0.25) is 26.0 Å². The molecule has 2 aliphatic rings. The number of nitrogens with one attached hydrogen (secondary N) is 1. The van der Waals surface area contributed by atoms with Crippen molar-refractivity contribution < 1.29 is 26.0 Å². The summed E-state index contributed by atoms with van der Waals surface area (Å²) in [6, 6.07) is 5.20. The zero-order valence-corrected chi connectivity index (χ0v) is 19.0. The van der Waals surface area contributed by atoms with Crippen molar-refractivity contribution in [3.63, 3.8) is 0 Å². The van der Waals surface area contributed by atoms with E-state index in [1.54, 1.807) is 0 Å². The summed E-state index contributed by atoms with van der Waals surface area (Å²) in [5.74, 6) is -0.941. The zero-order valence-electron chi connectivity index (χ0n) is 17.4. The first-order valence-electron chi connectivity index (χ1n) is 10.4. The summed E-state index contributed by atoms with van der Waals surface area (Å²) in [4.78, 5) is 11.8. The zero-order chi connectivity index (χ0) is 22.9. The monoisotopic (exact) mass is 484 g/mol. The molecule has 1 aromatic heterocycles. The molecule has 0 aliphatic carbocycles. The van der Waals surface area contributed by atoms with Gasteiger partial charge in [-0.3, -0.25) is 4.79 Å². The number of sulfonamides is 2. The van der Waals surface area contributed by atoms with Gasteiger partial charge in [-0.25, -0.2) is 21.2 Å². The van der Waals surface area contributed by atoms with E-state index in [1.165, 1.54) is 49.8 Å². The predicted octanol–water partition coefficient (Wildman–Crippen LogP) is 1.83. The van der Waals surface area contributed by atoms with E-state index < -0.39 is 31.8 Å². The van der Waals surface area contributed by atoms with Gasteiger partial charge < -0.3 is 9.88 Å². The fourth-order valence-corrected chi connectivity index (χ4v) is 7.80. The molecular formula is C20H25FN4O5S2. The number of nitrogens with zero attached hydrogens (tertiary/aromatic N) is 3. The van der Waals surface area contributed by atoms with Gasteiger partial charge in [0.25, 0.3) is 0 Å². The van der Waals surface area contributed by atoms with E-state index in [-0.39, 0.29) is 16.3 Å². The topological polar surface area (TPSA) is 109 Å². The number of rotatable bonds is 7. The van der Waals surface area contributed by atoms with Crippen LogP contribution in [0.4, 0.5) is 10.1 Å². The Kier molecular flexibility index (Phi) is 6.39. The molecule has 12 heteroatoms. The lowest BCUT2D eigenvalue weighted by Gasteiger charge is -2.18. The second-order valence-electron chi connectivity index (χ2n) is 7.94. The lowest BCUT2D eigenvalue weighted by atomic mass is 10.3. The van der Waals surface area contributed by atoms with Crippen LogP contribution in [0, 0.1) is 5.82 Å². The van der Waals surface area contributed by atoms with Crippen LogP contribution in [-0.2, 0) is 31.4 Å².